The predicted molar refractivity (Wildman–Crippen MR) is 111 cm³/mol. The van der Waals surface area contributed by atoms with Gasteiger partial charge in [0.05, 0.1) is 6.61 Å². The van der Waals surface area contributed by atoms with Crippen LogP contribution in [0.15, 0.2) is 36.4 Å². The van der Waals surface area contributed by atoms with Crippen LogP contribution in [0.25, 0.3) is 0 Å². The van der Waals surface area contributed by atoms with E-state index in [-0.39, 0.29) is 12.1 Å². The highest BCUT2D eigenvalue weighted by Gasteiger charge is 2.23. The molecule has 1 aliphatic heterocycles. The Morgan fingerprint density at radius 1 is 1.21 bits per heavy atom. The van der Waals surface area contributed by atoms with Crippen LogP contribution in [0.2, 0.25) is 0 Å². The molecule has 1 fully saturated rings. The van der Waals surface area contributed by atoms with Crippen molar-refractivity contribution < 1.29 is 9.53 Å². The summed E-state index contributed by atoms with van der Waals surface area (Å²) in [5.41, 5.74) is 2.21. The van der Waals surface area contributed by atoms with Crippen molar-refractivity contribution >= 4 is 17.9 Å². The zero-order chi connectivity index (χ0) is 19.8. The summed E-state index contributed by atoms with van der Waals surface area (Å²) in [5, 5.41) is 6.81. The van der Waals surface area contributed by atoms with Crippen LogP contribution in [-0.4, -0.2) is 53.2 Å². The Kier molecular flexibility index (Phi) is 7.06. The van der Waals surface area contributed by atoms with Crippen LogP contribution in [0.1, 0.15) is 31.0 Å². The van der Waals surface area contributed by atoms with Crippen LogP contribution < -0.4 is 10.6 Å². The lowest BCUT2D eigenvalue weighted by atomic mass is 10.1. The third-order valence-electron chi connectivity index (χ3n) is 4.77. The van der Waals surface area contributed by atoms with Gasteiger partial charge in [-0.15, -0.1) is 0 Å². The van der Waals surface area contributed by atoms with Gasteiger partial charge in [0.2, 0.25) is 5.95 Å². The van der Waals surface area contributed by atoms with Gasteiger partial charge >= 0.3 is 6.09 Å². The number of nitrogens with one attached hydrogen (secondary N) is 2. The number of hydrogen-bond acceptors (Lipinski definition) is 6. The van der Waals surface area contributed by atoms with E-state index >= 15 is 0 Å². The van der Waals surface area contributed by atoms with Crippen LogP contribution >= 0.6 is 0 Å². The molecule has 0 spiro atoms. The monoisotopic (exact) mass is 383 g/mol. The molecule has 0 aliphatic carbocycles. The first-order valence-electron chi connectivity index (χ1n) is 9.95. The summed E-state index contributed by atoms with van der Waals surface area (Å²) in [6, 6.07) is 12.6. The molecule has 2 aromatic rings. The van der Waals surface area contributed by atoms with E-state index in [1.807, 2.05) is 38.1 Å². The maximum Gasteiger partial charge on any atom is 0.409 e. The normalized spacial score (nSPS) is 14.6. The van der Waals surface area contributed by atoms with Crippen molar-refractivity contribution in [2.24, 2.45) is 0 Å². The molecule has 2 N–H and O–H groups in total. The van der Waals surface area contributed by atoms with Crippen LogP contribution in [0.5, 0.6) is 0 Å². The number of hydrogen-bond donors (Lipinski definition) is 2. The second kappa shape index (κ2) is 9.92. The van der Waals surface area contributed by atoms with Gasteiger partial charge in [0.25, 0.3) is 0 Å². The van der Waals surface area contributed by atoms with Gasteiger partial charge in [0.1, 0.15) is 5.82 Å². The molecule has 0 saturated carbocycles. The Bertz CT molecular complexity index is 761. The van der Waals surface area contributed by atoms with E-state index in [1.54, 1.807) is 4.90 Å². The van der Waals surface area contributed by atoms with E-state index < -0.39 is 0 Å². The number of ether oxygens (including phenoxy) is 1. The van der Waals surface area contributed by atoms with Gasteiger partial charge in [0.15, 0.2) is 0 Å². The Labute approximate surface area is 166 Å². The third-order valence-corrected chi connectivity index (χ3v) is 4.77. The van der Waals surface area contributed by atoms with Gasteiger partial charge in [0, 0.05) is 37.4 Å². The molecule has 2 heterocycles. The number of likely N-dealkylation sites (tertiary alicyclic amines) is 1. The minimum atomic E-state index is -0.219. The first-order chi connectivity index (χ1) is 13.6. The first-order valence-corrected chi connectivity index (χ1v) is 9.95. The third kappa shape index (κ3) is 5.84. The van der Waals surface area contributed by atoms with Gasteiger partial charge in [-0.05, 0) is 38.7 Å². The molecule has 0 radical (unpaired) electrons. The van der Waals surface area contributed by atoms with Crippen molar-refractivity contribution in [2.45, 2.75) is 39.2 Å². The number of benzene rings is 1. The highest BCUT2D eigenvalue weighted by Crippen LogP contribution is 2.17. The number of nitrogens with zero attached hydrogens (tertiary/aromatic N) is 3. The standard InChI is InChI=1S/C21H29N5O2/c1-3-28-21(27)26-13-10-18(11-14-26)24-19-15-16(2)23-20(25-19)22-12-9-17-7-5-4-6-8-17/h4-8,15,18H,3,9-14H2,1-2H3,(H2,22,23,24,25). The minimum absolute atomic E-state index is 0.219. The summed E-state index contributed by atoms with van der Waals surface area (Å²) in [6.45, 7) is 6.39. The molecule has 0 unspecified atom stereocenters. The maximum absolute atomic E-state index is 11.8. The average Bonchev–Trinajstić information content (AvgIpc) is 2.69. The molecule has 150 valence electrons. The van der Waals surface area contributed by atoms with Crippen LogP contribution in [0.4, 0.5) is 16.6 Å². The van der Waals surface area contributed by atoms with Crippen LogP contribution in [-0.2, 0) is 11.2 Å². The Morgan fingerprint density at radius 2 is 1.96 bits per heavy atom. The highest BCUT2D eigenvalue weighted by molar-refractivity contribution is 5.67. The Balaban J connectivity index is 1.50. The van der Waals surface area contributed by atoms with Crippen molar-refractivity contribution in [3.63, 3.8) is 0 Å². The van der Waals surface area contributed by atoms with Gasteiger partial charge in [-0.1, -0.05) is 30.3 Å². The van der Waals surface area contributed by atoms with Crippen LogP contribution in [0, 0.1) is 6.92 Å². The second-order valence-corrected chi connectivity index (χ2v) is 6.99. The number of carbonyl (C=O) groups is 1. The molecule has 0 bridgehead atoms. The summed E-state index contributed by atoms with van der Waals surface area (Å²) in [6.07, 6.45) is 2.45. The lowest BCUT2D eigenvalue weighted by molar-refractivity contribution is 0.0983. The van der Waals surface area contributed by atoms with Crippen molar-refractivity contribution in [1.29, 1.82) is 0 Å². The van der Waals surface area contributed by atoms with E-state index in [1.165, 1.54) is 5.56 Å². The fraction of sp³-hybridized carbons (Fsp3) is 0.476. The summed E-state index contributed by atoms with van der Waals surface area (Å²) in [7, 11) is 0. The molecule has 3 rings (SSSR count). The number of amides is 1. The SMILES string of the molecule is CCOC(=O)N1CCC(Nc2cc(C)nc(NCCc3ccccc3)n2)CC1. The van der Waals surface area contributed by atoms with Crippen molar-refractivity contribution in [2.75, 3.05) is 36.9 Å². The number of carbonyl (C=O) groups excluding carboxylic acids is 1. The maximum atomic E-state index is 11.8. The second-order valence-electron chi connectivity index (χ2n) is 6.99. The number of anilines is 2. The van der Waals surface area contributed by atoms with E-state index in [9.17, 15) is 4.79 Å². The molecule has 0 atom stereocenters. The highest BCUT2D eigenvalue weighted by atomic mass is 16.6. The van der Waals surface area contributed by atoms with E-state index in [4.69, 9.17) is 4.74 Å². The number of aryl methyl sites for hydroxylation is 1. The van der Waals surface area contributed by atoms with Gasteiger partial charge in [-0.2, -0.15) is 4.98 Å². The molecule has 28 heavy (non-hydrogen) atoms. The Hall–Kier alpha value is -2.83. The molecular formula is C21H29N5O2. The quantitative estimate of drug-likeness (QED) is 0.762. The molecule has 1 aromatic carbocycles. The average molecular weight is 383 g/mol. The summed E-state index contributed by atoms with van der Waals surface area (Å²) < 4.78 is 5.07. The van der Waals surface area contributed by atoms with E-state index in [0.29, 0.717) is 25.6 Å². The summed E-state index contributed by atoms with van der Waals surface area (Å²) in [4.78, 5) is 22.7. The van der Waals surface area contributed by atoms with Gasteiger partial charge in [-0.25, -0.2) is 9.78 Å². The predicted octanol–water partition coefficient (Wildman–Crippen LogP) is 3.47. The molecular weight excluding hydrogens is 354 g/mol. The number of aromatic nitrogens is 2. The molecule has 1 saturated heterocycles. The fourth-order valence-corrected chi connectivity index (χ4v) is 3.32. The Morgan fingerprint density at radius 3 is 2.68 bits per heavy atom. The van der Waals surface area contributed by atoms with Crippen molar-refractivity contribution in [3.8, 4) is 0 Å². The minimum Gasteiger partial charge on any atom is -0.450 e. The number of piperidine rings is 1. The lowest BCUT2D eigenvalue weighted by Gasteiger charge is -2.31. The molecule has 7 heteroatoms. The molecule has 1 aliphatic rings. The zero-order valence-electron chi connectivity index (χ0n) is 16.6. The summed E-state index contributed by atoms with van der Waals surface area (Å²) in [5.74, 6) is 1.46. The van der Waals surface area contributed by atoms with E-state index in [0.717, 1.165) is 37.3 Å². The van der Waals surface area contributed by atoms with Crippen molar-refractivity contribution in [1.82, 2.24) is 14.9 Å². The molecule has 1 amide bonds. The largest absolute Gasteiger partial charge is 0.450 e. The lowest BCUT2D eigenvalue weighted by Crippen LogP contribution is -2.42. The summed E-state index contributed by atoms with van der Waals surface area (Å²) >= 11 is 0. The molecule has 1 aromatic heterocycles. The van der Waals surface area contributed by atoms with Gasteiger partial charge in [-0.3, -0.25) is 0 Å². The number of rotatable bonds is 7. The van der Waals surface area contributed by atoms with E-state index in [2.05, 4.69) is 32.7 Å². The first kappa shape index (κ1) is 19.9. The topological polar surface area (TPSA) is 79.4 Å². The van der Waals surface area contributed by atoms with Crippen molar-refractivity contribution in [3.05, 3.63) is 47.7 Å². The smallest absolute Gasteiger partial charge is 0.409 e. The molecule has 7 nitrogen and oxygen atoms in total. The fourth-order valence-electron chi connectivity index (χ4n) is 3.32. The zero-order valence-corrected chi connectivity index (χ0v) is 16.6. The van der Waals surface area contributed by atoms with Gasteiger partial charge < -0.3 is 20.3 Å². The van der Waals surface area contributed by atoms with Crippen LogP contribution in [0.3, 0.4) is 0 Å².